The van der Waals surface area contributed by atoms with Crippen LogP contribution in [-0.4, -0.2) is 12.6 Å². The van der Waals surface area contributed by atoms with Crippen molar-refractivity contribution in [2.75, 3.05) is 6.54 Å². The van der Waals surface area contributed by atoms with Crippen LogP contribution in [0.3, 0.4) is 0 Å². The van der Waals surface area contributed by atoms with Gasteiger partial charge in [0.05, 0.1) is 0 Å². The normalized spacial score (nSPS) is 16.1. The second kappa shape index (κ2) is 7.31. The molecule has 1 fully saturated rings. The van der Waals surface area contributed by atoms with Crippen LogP contribution in [-0.2, 0) is 0 Å². The van der Waals surface area contributed by atoms with Gasteiger partial charge in [-0.3, -0.25) is 0 Å². The van der Waals surface area contributed by atoms with Crippen molar-refractivity contribution in [3.05, 3.63) is 11.8 Å². The molecule has 3 nitrogen and oxygen atoms in total. The van der Waals surface area contributed by atoms with Crippen LogP contribution in [0.1, 0.15) is 52.4 Å². The third-order valence-corrected chi connectivity index (χ3v) is 2.91. The fraction of sp³-hybridized carbons (Fsp3) is 0.769. The van der Waals surface area contributed by atoms with Gasteiger partial charge in [-0.2, -0.15) is 0 Å². The van der Waals surface area contributed by atoms with E-state index in [1.54, 1.807) is 0 Å². The number of hydrogen-bond donors (Lipinski definition) is 2. The van der Waals surface area contributed by atoms with E-state index in [1.807, 2.05) is 6.20 Å². The summed E-state index contributed by atoms with van der Waals surface area (Å²) in [5.74, 6) is 0.636. The molecule has 2 amide bonds. The highest BCUT2D eigenvalue weighted by molar-refractivity contribution is 5.74. The van der Waals surface area contributed by atoms with Crippen LogP contribution in [0.4, 0.5) is 4.79 Å². The van der Waals surface area contributed by atoms with E-state index in [-0.39, 0.29) is 6.03 Å². The van der Waals surface area contributed by atoms with E-state index in [9.17, 15) is 4.79 Å². The zero-order valence-corrected chi connectivity index (χ0v) is 10.5. The number of nitrogens with one attached hydrogen (secondary N) is 2. The molecule has 0 aromatic rings. The first-order chi connectivity index (χ1) is 7.68. The van der Waals surface area contributed by atoms with Gasteiger partial charge < -0.3 is 10.6 Å². The fourth-order valence-electron chi connectivity index (χ4n) is 1.84. The van der Waals surface area contributed by atoms with Gasteiger partial charge in [-0.1, -0.05) is 25.8 Å². The zero-order chi connectivity index (χ0) is 11.8. The summed E-state index contributed by atoms with van der Waals surface area (Å²) >= 11 is 0. The van der Waals surface area contributed by atoms with Crippen molar-refractivity contribution >= 4 is 6.03 Å². The molecule has 0 heterocycles. The predicted octanol–water partition coefficient (Wildman–Crippen LogP) is 3.18. The van der Waals surface area contributed by atoms with Crippen molar-refractivity contribution in [1.29, 1.82) is 0 Å². The Morgan fingerprint density at radius 3 is 2.62 bits per heavy atom. The lowest BCUT2D eigenvalue weighted by molar-refractivity contribution is 0.243. The average Bonchev–Trinajstić information content (AvgIpc) is 2.27. The number of hydrogen-bond acceptors (Lipinski definition) is 1. The maximum Gasteiger partial charge on any atom is 0.318 e. The molecule has 1 aliphatic rings. The monoisotopic (exact) mass is 224 g/mol. The molecule has 0 bridgehead atoms. The first-order valence-corrected chi connectivity index (χ1v) is 6.41. The third kappa shape index (κ3) is 5.79. The van der Waals surface area contributed by atoms with Gasteiger partial charge in [-0.05, 0) is 38.0 Å². The molecule has 0 aromatic heterocycles. The van der Waals surface area contributed by atoms with Gasteiger partial charge in [0.15, 0.2) is 0 Å². The summed E-state index contributed by atoms with van der Waals surface area (Å²) in [6.07, 6.45) is 9.08. The summed E-state index contributed by atoms with van der Waals surface area (Å²) in [7, 11) is 0. The van der Waals surface area contributed by atoms with E-state index >= 15 is 0 Å². The smallest absolute Gasteiger partial charge is 0.318 e. The highest BCUT2D eigenvalue weighted by Crippen LogP contribution is 2.21. The van der Waals surface area contributed by atoms with Crippen molar-refractivity contribution in [1.82, 2.24) is 10.6 Å². The summed E-state index contributed by atoms with van der Waals surface area (Å²) in [5, 5.41) is 5.67. The lowest BCUT2D eigenvalue weighted by Gasteiger charge is -2.13. The molecule has 3 heteroatoms. The first kappa shape index (κ1) is 13.1. The van der Waals surface area contributed by atoms with Crippen LogP contribution in [0.15, 0.2) is 11.8 Å². The molecule has 0 spiro atoms. The molecule has 1 aliphatic carbocycles. The molecule has 0 aliphatic heterocycles. The minimum atomic E-state index is -0.0706. The van der Waals surface area contributed by atoms with Gasteiger partial charge in [0, 0.05) is 12.7 Å². The van der Waals surface area contributed by atoms with Crippen LogP contribution in [0.5, 0.6) is 0 Å². The number of urea groups is 1. The number of carbonyl (C=O) groups excluding carboxylic acids is 1. The molecule has 1 rings (SSSR count). The molecular weight excluding hydrogens is 200 g/mol. The minimum absolute atomic E-state index is 0.0706. The largest absolute Gasteiger partial charge is 0.338 e. The minimum Gasteiger partial charge on any atom is -0.338 e. The fourth-order valence-corrected chi connectivity index (χ4v) is 1.84. The predicted molar refractivity (Wildman–Crippen MR) is 67.2 cm³/mol. The van der Waals surface area contributed by atoms with Gasteiger partial charge in [0.25, 0.3) is 0 Å². The summed E-state index contributed by atoms with van der Waals surface area (Å²) in [5.41, 5.74) is 1.38. The Morgan fingerprint density at radius 1 is 1.31 bits per heavy atom. The summed E-state index contributed by atoms with van der Waals surface area (Å²) < 4.78 is 0. The lowest BCUT2D eigenvalue weighted by atomic mass is 9.96. The number of amides is 2. The van der Waals surface area contributed by atoms with E-state index in [2.05, 4.69) is 24.5 Å². The van der Waals surface area contributed by atoms with Crippen molar-refractivity contribution in [2.24, 2.45) is 5.92 Å². The molecule has 2 N–H and O–H groups in total. The second-order valence-corrected chi connectivity index (χ2v) is 4.95. The second-order valence-electron chi connectivity index (χ2n) is 4.95. The molecule has 0 unspecified atom stereocenters. The van der Waals surface area contributed by atoms with E-state index < -0.39 is 0 Å². The Bertz CT molecular complexity index is 238. The standard InChI is InChI=1S/C13H24N2O/c1-11(2)8-9-14-13(16)15-10-12-6-4-3-5-7-12/h10-11H,3-9H2,1-2H3,(H2,14,15,16). The van der Waals surface area contributed by atoms with E-state index in [0.29, 0.717) is 5.92 Å². The molecular formula is C13H24N2O. The van der Waals surface area contributed by atoms with Gasteiger partial charge >= 0.3 is 6.03 Å². The van der Waals surface area contributed by atoms with Crippen LogP contribution in [0.25, 0.3) is 0 Å². The zero-order valence-electron chi connectivity index (χ0n) is 10.5. The lowest BCUT2D eigenvalue weighted by Crippen LogP contribution is -2.33. The highest BCUT2D eigenvalue weighted by Gasteiger charge is 2.05. The Labute approximate surface area is 98.7 Å². The molecule has 0 saturated heterocycles. The molecule has 0 aromatic carbocycles. The Morgan fingerprint density at radius 2 is 2.00 bits per heavy atom. The van der Waals surface area contributed by atoms with E-state index in [1.165, 1.54) is 24.8 Å². The van der Waals surface area contributed by atoms with Crippen molar-refractivity contribution in [3.63, 3.8) is 0 Å². The Balaban J connectivity index is 2.13. The highest BCUT2D eigenvalue weighted by atomic mass is 16.2. The van der Waals surface area contributed by atoms with Crippen LogP contribution < -0.4 is 10.6 Å². The molecule has 16 heavy (non-hydrogen) atoms. The quantitative estimate of drug-likeness (QED) is 0.756. The van der Waals surface area contributed by atoms with Crippen molar-refractivity contribution < 1.29 is 4.79 Å². The SMILES string of the molecule is CC(C)CCNC(=O)NC=C1CCCCC1. The van der Waals surface area contributed by atoms with Gasteiger partial charge in [0.1, 0.15) is 0 Å². The number of allylic oxidation sites excluding steroid dienone is 1. The van der Waals surface area contributed by atoms with E-state index in [4.69, 9.17) is 0 Å². The van der Waals surface area contributed by atoms with Crippen molar-refractivity contribution in [2.45, 2.75) is 52.4 Å². The average molecular weight is 224 g/mol. The Kier molecular flexibility index (Phi) is 5.98. The molecule has 0 atom stereocenters. The maximum atomic E-state index is 11.4. The maximum absolute atomic E-state index is 11.4. The van der Waals surface area contributed by atoms with Crippen LogP contribution in [0.2, 0.25) is 0 Å². The topological polar surface area (TPSA) is 41.1 Å². The first-order valence-electron chi connectivity index (χ1n) is 6.41. The van der Waals surface area contributed by atoms with E-state index in [0.717, 1.165) is 25.8 Å². The van der Waals surface area contributed by atoms with Crippen LogP contribution >= 0.6 is 0 Å². The van der Waals surface area contributed by atoms with Gasteiger partial charge in [-0.15, -0.1) is 0 Å². The number of rotatable bonds is 4. The summed E-state index contributed by atoms with van der Waals surface area (Å²) in [6, 6.07) is -0.0706. The summed E-state index contributed by atoms with van der Waals surface area (Å²) in [4.78, 5) is 11.4. The summed E-state index contributed by atoms with van der Waals surface area (Å²) in [6.45, 7) is 5.07. The molecule has 0 radical (unpaired) electrons. The van der Waals surface area contributed by atoms with Gasteiger partial charge in [-0.25, -0.2) is 4.79 Å². The van der Waals surface area contributed by atoms with Gasteiger partial charge in [0.2, 0.25) is 0 Å². The molecule has 1 saturated carbocycles. The third-order valence-electron chi connectivity index (χ3n) is 2.91. The van der Waals surface area contributed by atoms with Crippen molar-refractivity contribution in [3.8, 4) is 0 Å². The number of carbonyl (C=O) groups is 1. The molecule has 92 valence electrons. The van der Waals surface area contributed by atoms with Crippen LogP contribution in [0, 0.1) is 5.92 Å². The Hall–Kier alpha value is -0.990.